The molecule has 2 aromatic carbocycles. The van der Waals surface area contributed by atoms with Gasteiger partial charge in [0.1, 0.15) is 11.2 Å². The van der Waals surface area contributed by atoms with Gasteiger partial charge in [0.05, 0.1) is 22.5 Å². The molecule has 0 saturated heterocycles. The van der Waals surface area contributed by atoms with E-state index in [2.05, 4.69) is 31.4 Å². The summed E-state index contributed by atoms with van der Waals surface area (Å²) in [5.41, 5.74) is 4.59. The number of thiazole rings is 1. The Morgan fingerprint density at radius 3 is 2.66 bits per heavy atom. The van der Waals surface area contributed by atoms with Crippen molar-refractivity contribution in [3.63, 3.8) is 0 Å². The first-order valence-corrected chi connectivity index (χ1v) is 11.2. The number of nitrogens with one attached hydrogen (secondary N) is 1. The maximum absolute atomic E-state index is 12.4. The van der Waals surface area contributed by atoms with Gasteiger partial charge in [-0.2, -0.15) is 5.10 Å². The lowest BCUT2D eigenvalue weighted by Crippen LogP contribution is -2.13. The minimum atomic E-state index is -0.475. The van der Waals surface area contributed by atoms with Crippen molar-refractivity contribution in [2.75, 3.05) is 5.43 Å². The van der Waals surface area contributed by atoms with E-state index in [1.54, 1.807) is 36.6 Å². The van der Waals surface area contributed by atoms with E-state index < -0.39 is 11.3 Å². The van der Waals surface area contributed by atoms with Gasteiger partial charge in [0, 0.05) is 20.6 Å². The molecule has 0 unspecified atom stereocenters. The molecular formula is C23H14BrN3O4S. The molecule has 0 aliphatic heterocycles. The summed E-state index contributed by atoms with van der Waals surface area (Å²) in [5.74, 6) is 0. The Kier molecular flexibility index (Phi) is 5.20. The fraction of sp³-hybridized carbons (Fsp3) is 0.0435. The number of rotatable bonds is 4. The van der Waals surface area contributed by atoms with Crippen LogP contribution in [0.15, 0.2) is 88.0 Å². The van der Waals surface area contributed by atoms with E-state index in [0.717, 1.165) is 15.2 Å². The van der Waals surface area contributed by atoms with E-state index in [9.17, 15) is 9.59 Å². The average Bonchev–Trinajstić information content (AvgIpc) is 3.25. The zero-order valence-corrected chi connectivity index (χ0v) is 19.0. The molecule has 5 aromatic rings. The monoisotopic (exact) mass is 507 g/mol. The van der Waals surface area contributed by atoms with E-state index in [1.165, 1.54) is 11.3 Å². The molecule has 0 radical (unpaired) electrons. The van der Waals surface area contributed by atoms with Gasteiger partial charge in [-0.25, -0.2) is 14.6 Å². The zero-order valence-electron chi connectivity index (χ0n) is 16.6. The number of hydrogen-bond acceptors (Lipinski definition) is 8. The van der Waals surface area contributed by atoms with E-state index in [4.69, 9.17) is 8.83 Å². The van der Waals surface area contributed by atoms with Crippen molar-refractivity contribution in [2.24, 2.45) is 5.10 Å². The molecule has 3 heterocycles. The second-order valence-corrected chi connectivity index (χ2v) is 8.74. The van der Waals surface area contributed by atoms with Crippen LogP contribution in [-0.4, -0.2) is 10.7 Å². The largest absolute Gasteiger partial charge is 0.422 e. The van der Waals surface area contributed by atoms with Gasteiger partial charge in [-0.1, -0.05) is 34.1 Å². The number of hydrogen-bond donors (Lipinski definition) is 1. The summed E-state index contributed by atoms with van der Waals surface area (Å²) in [7, 11) is 0. The molecule has 0 fully saturated rings. The molecule has 0 spiro atoms. The van der Waals surface area contributed by atoms with Crippen molar-refractivity contribution in [2.45, 2.75) is 6.92 Å². The summed E-state index contributed by atoms with van der Waals surface area (Å²) in [4.78, 5) is 29.2. The summed E-state index contributed by atoms with van der Waals surface area (Å²) in [6.45, 7) is 1.70. The summed E-state index contributed by atoms with van der Waals surface area (Å²) in [6, 6.07) is 16.2. The zero-order chi connectivity index (χ0) is 22.2. The topological polar surface area (TPSA) is 97.7 Å². The third-order valence-electron chi connectivity index (χ3n) is 4.82. The number of fused-ring (bicyclic) bond motifs is 2. The van der Waals surface area contributed by atoms with Crippen LogP contribution in [-0.2, 0) is 0 Å². The molecule has 5 rings (SSSR count). The highest BCUT2D eigenvalue weighted by atomic mass is 79.9. The van der Waals surface area contributed by atoms with Crippen LogP contribution in [0.1, 0.15) is 12.5 Å². The quantitative estimate of drug-likeness (QED) is 0.192. The van der Waals surface area contributed by atoms with Crippen molar-refractivity contribution >= 4 is 60.0 Å². The molecule has 0 atom stereocenters. The predicted molar refractivity (Wildman–Crippen MR) is 130 cm³/mol. The maximum atomic E-state index is 12.4. The number of aromatic nitrogens is 1. The molecule has 0 saturated carbocycles. The molecule has 158 valence electrons. The Bertz CT molecular complexity index is 1630. The van der Waals surface area contributed by atoms with Crippen molar-refractivity contribution in [1.29, 1.82) is 0 Å². The van der Waals surface area contributed by atoms with E-state index in [1.807, 2.05) is 30.3 Å². The summed E-state index contributed by atoms with van der Waals surface area (Å²) >= 11 is 4.70. The lowest BCUT2D eigenvalue weighted by molar-refractivity contribution is 0.559. The minimum Gasteiger partial charge on any atom is -0.422 e. The molecule has 0 amide bonds. The fourth-order valence-corrected chi connectivity index (χ4v) is 4.26. The Labute approximate surface area is 193 Å². The van der Waals surface area contributed by atoms with Crippen LogP contribution in [0.5, 0.6) is 0 Å². The van der Waals surface area contributed by atoms with Gasteiger partial charge in [-0.3, -0.25) is 5.43 Å². The van der Waals surface area contributed by atoms with Crippen LogP contribution >= 0.6 is 27.3 Å². The van der Waals surface area contributed by atoms with E-state index >= 15 is 0 Å². The van der Waals surface area contributed by atoms with Crippen molar-refractivity contribution in [3.05, 3.63) is 90.9 Å². The van der Waals surface area contributed by atoms with Gasteiger partial charge in [0.25, 0.3) is 0 Å². The summed E-state index contributed by atoms with van der Waals surface area (Å²) < 4.78 is 11.7. The molecule has 1 N–H and O–H groups in total. The van der Waals surface area contributed by atoms with Crippen LogP contribution in [0, 0.1) is 0 Å². The molecule has 7 nitrogen and oxygen atoms in total. The first-order valence-electron chi connectivity index (χ1n) is 9.51. The lowest BCUT2D eigenvalue weighted by atomic mass is 10.1. The van der Waals surface area contributed by atoms with Gasteiger partial charge in [0.15, 0.2) is 0 Å². The Balaban J connectivity index is 1.43. The van der Waals surface area contributed by atoms with Crippen LogP contribution in [0.3, 0.4) is 0 Å². The molecule has 32 heavy (non-hydrogen) atoms. The normalized spacial score (nSPS) is 11.9. The van der Waals surface area contributed by atoms with Crippen LogP contribution in [0.4, 0.5) is 5.13 Å². The van der Waals surface area contributed by atoms with Gasteiger partial charge in [0.2, 0.25) is 5.13 Å². The second-order valence-electron chi connectivity index (χ2n) is 6.96. The number of halogens is 1. The standard InChI is InChI=1S/C23H14BrN3O4S/c1-12(16-10-14-8-15(24)6-7-20(14)31-21(16)28)26-27-23-25-18(11-32-23)17-9-13-4-2-3-5-19(13)30-22(17)29/h2-11H,1H3,(H,25,27)/b26-12+. The molecule has 3 aromatic heterocycles. The van der Waals surface area contributed by atoms with Gasteiger partial charge in [-0.15, -0.1) is 11.3 Å². The lowest BCUT2D eigenvalue weighted by Gasteiger charge is -2.03. The van der Waals surface area contributed by atoms with Gasteiger partial charge in [-0.05, 0) is 43.3 Å². The molecule has 0 aliphatic rings. The molecule has 9 heteroatoms. The summed E-state index contributed by atoms with van der Waals surface area (Å²) in [6.07, 6.45) is 0. The number of para-hydroxylation sites is 1. The minimum absolute atomic E-state index is 0.343. The SMILES string of the molecule is C/C(=N\Nc1nc(-c2cc3ccccc3oc2=O)cs1)c1cc2cc(Br)ccc2oc1=O. The number of benzene rings is 2. The van der Waals surface area contributed by atoms with Gasteiger partial charge < -0.3 is 8.83 Å². The van der Waals surface area contributed by atoms with E-state index in [0.29, 0.717) is 38.8 Å². The van der Waals surface area contributed by atoms with E-state index in [-0.39, 0.29) is 0 Å². The highest BCUT2D eigenvalue weighted by Gasteiger charge is 2.12. The van der Waals surface area contributed by atoms with Crippen molar-refractivity contribution in [1.82, 2.24) is 4.98 Å². The van der Waals surface area contributed by atoms with Gasteiger partial charge >= 0.3 is 11.3 Å². The average molecular weight is 508 g/mol. The third kappa shape index (κ3) is 3.88. The van der Waals surface area contributed by atoms with Crippen LogP contribution in [0.25, 0.3) is 33.2 Å². The molecule has 0 aliphatic carbocycles. The first-order chi connectivity index (χ1) is 15.5. The molecule has 0 bridgehead atoms. The molecular weight excluding hydrogens is 494 g/mol. The maximum Gasteiger partial charge on any atom is 0.345 e. The fourth-order valence-electron chi connectivity index (χ4n) is 3.23. The smallest absolute Gasteiger partial charge is 0.345 e. The Morgan fingerprint density at radius 1 is 1.00 bits per heavy atom. The predicted octanol–water partition coefficient (Wildman–Crippen LogP) is 5.62. The Morgan fingerprint density at radius 2 is 1.78 bits per heavy atom. The number of anilines is 1. The highest BCUT2D eigenvalue weighted by Crippen LogP contribution is 2.25. The third-order valence-corrected chi connectivity index (χ3v) is 6.07. The van der Waals surface area contributed by atoms with Crippen LogP contribution < -0.4 is 16.7 Å². The van der Waals surface area contributed by atoms with Crippen molar-refractivity contribution < 1.29 is 8.83 Å². The number of hydrazone groups is 1. The number of nitrogens with zero attached hydrogens (tertiary/aromatic N) is 2. The van der Waals surface area contributed by atoms with Crippen molar-refractivity contribution in [3.8, 4) is 11.3 Å². The second kappa shape index (κ2) is 8.18. The summed E-state index contributed by atoms with van der Waals surface area (Å²) in [5, 5.41) is 8.09. The Hall–Kier alpha value is -3.56. The first kappa shape index (κ1) is 20.3. The highest BCUT2D eigenvalue weighted by molar-refractivity contribution is 9.10. The van der Waals surface area contributed by atoms with Crippen LogP contribution in [0.2, 0.25) is 0 Å².